The first-order chi connectivity index (χ1) is 10.6. The molecule has 0 radical (unpaired) electrons. The Bertz CT molecular complexity index is 655. The second-order valence-corrected chi connectivity index (χ2v) is 6.65. The highest BCUT2D eigenvalue weighted by Gasteiger charge is 2.23. The van der Waals surface area contributed by atoms with Crippen LogP contribution in [0.25, 0.3) is 10.9 Å². The van der Waals surface area contributed by atoms with Gasteiger partial charge in [0.25, 0.3) is 0 Å². The van der Waals surface area contributed by atoms with Gasteiger partial charge in [-0.05, 0) is 36.8 Å². The van der Waals surface area contributed by atoms with E-state index in [9.17, 15) is 4.79 Å². The maximum atomic E-state index is 12.3. The number of aromatic nitrogens is 1. The van der Waals surface area contributed by atoms with E-state index in [0.717, 1.165) is 29.3 Å². The number of rotatable bonds is 4. The number of fused-ring (bicyclic) bond motifs is 1. The van der Waals surface area contributed by atoms with Crippen LogP contribution in [0.2, 0.25) is 0 Å². The number of para-hydroxylation sites is 1. The lowest BCUT2D eigenvalue weighted by atomic mass is 9.87. The van der Waals surface area contributed by atoms with Gasteiger partial charge in [-0.1, -0.05) is 38.0 Å². The summed E-state index contributed by atoms with van der Waals surface area (Å²) in [4.78, 5) is 15.6. The van der Waals surface area contributed by atoms with Crippen molar-refractivity contribution in [2.24, 2.45) is 11.7 Å². The summed E-state index contributed by atoms with van der Waals surface area (Å²) in [6, 6.07) is 7.91. The highest BCUT2D eigenvalue weighted by molar-refractivity contribution is 5.86. The zero-order valence-electron chi connectivity index (χ0n) is 13.5. The number of benzene rings is 1. The molecule has 0 saturated heterocycles. The van der Waals surface area contributed by atoms with Crippen molar-refractivity contribution in [2.45, 2.75) is 51.1 Å². The summed E-state index contributed by atoms with van der Waals surface area (Å²) in [5.41, 5.74) is 8.32. The Labute approximate surface area is 143 Å². The van der Waals surface area contributed by atoms with Crippen molar-refractivity contribution in [3.05, 3.63) is 36.0 Å². The first kappa shape index (κ1) is 17.8. The molecule has 3 atom stereocenters. The van der Waals surface area contributed by atoms with Gasteiger partial charge in [-0.3, -0.25) is 4.79 Å². The van der Waals surface area contributed by atoms with Crippen molar-refractivity contribution in [1.82, 2.24) is 10.3 Å². The van der Waals surface area contributed by atoms with Crippen LogP contribution in [0.15, 0.2) is 30.5 Å². The van der Waals surface area contributed by atoms with Crippen molar-refractivity contribution >= 4 is 29.2 Å². The van der Waals surface area contributed by atoms with Gasteiger partial charge in [-0.25, -0.2) is 0 Å². The number of carbonyl (C=O) groups excluding carboxylic acids is 1. The molecule has 3 rings (SSSR count). The van der Waals surface area contributed by atoms with Crippen LogP contribution < -0.4 is 11.1 Å². The van der Waals surface area contributed by atoms with Gasteiger partial charge in [0.2, 0.25) is 5.91 Å². The third-order valence-corrected chi connectivity index (χ3v) is 4.73. The van der Waals surface area contributed by atoms with Gasteiger partial charge in [0.05, 0.1) is 6.04 Å². The molecule has 1 fully saturated rings. The average molecular weight is 336 g/mol. The van der Waals surface area contributed by atoms with Crippen molar-refractivity contribution in [1.29, 1.82) is 0 Å². The van der Waals surface area contributed by atoms with Gasteiger partial charge in [0.1, 0.15) is 0 Å². The zero-order chi connectivity index (χ0) is 15.5. The second-order valence-electron chi connectivity index (χ2n) is 6.65. The van der Waals surface area contributed by atoms with Crippen LogP contribution >= 0.6 is 12.4 Å². The zero-order valence-corrected chi connectivity index (χ0v) is 14.4. The Kier molecular flexibility index (Phi) is 6.08. The normalized spacial score (nSPS) is 22.3. The van der Waals surface area contributed by atoms with E-state index in [1.54, 1.807) is 0 Å². The third kappa shape index (κ3) is 4.27. The second kappa shape index (κ2) is 7.84. The highest BCUT2D eigenvalue weighted by atomic mass is 35.5. The van der Waals surface area contributed by atoms with Crippen LogP contribution in [0, 0.1) is 5.92 Å². The van der Waals surface area contributed by atoms with E-state index < -0.39 is 6.04 Å². The molecule has 126 valence electrons. The van der Waals surface area contributed by atoms with Gasteiger partial charge in [0, 0.05) is 23.1 Å². The Hall–Kier alpha value is -1.52. The molecule has 1 amide bonds. The largest absolute Gasteiger partial charge is 0.361 e. The van der Waals surface area contributed by atoms with Crippen LogP contribution in [0.3, 0.4) is 0 Å². The lowest BCUT2D eigenvalue weighted by Crippen LogP contribution is -2.47. The van der Waals surface area contributed by atoms with Crippen LogP contribution in [0.5, 0.6) is 0 Å². The smallest absolute Gasteiger partial charge is 0.237 e. The monoisotopic (exact) mass is 335 g/mol. The van der Waals surface area contributed by atoms with Gasteiger partial charge in [0.15, 0.2) is 0 Å². The molecule has 1 aromatic carbocycles. The van der Waals surface area contributed by atoms with E-state index in [-0.39, 0.29) is 18.3 Å². The van der Waals surface area contributed by atoms with Gasteiger partial charge >= 0.3 is 0 Å². The van der Waals surface area contributed by atoms with Crippen LogP contribution in [-0.2, 0) is 11.2 Å². The quantitative estimate of drug-likeness (QED) is 0.803. The molecule has 1 aliphatic carbocycles. The molecule has 2 unspecified atom stereocenters. The maximum Gasteiger partial charge on any atom is 0.237 e. The fourth-order valence-corrected chi connectivity index (χ4v) is 3.50. The number of hydrogen-bond acceptors (Lipinski definition) is 2. The lowest BCUT2D eigenvalue weighted by Gasteiger charge is -2.28. The van der Waals surface area contributed by atoms with Crippen molar-refractivity contribution in [3.8, 4) is 0 Å². The van der Waals surface area contributed by atoms with Crippen LogP contribution in [0.1, 0.15) is 38.2 Å². The van der Waals surface area contributed by atoms with E-state index in [1.165, 1.54) is 12.8 Å². The summed E-state index contributed by atoms with van der Waals surface area (Å²) >= 11 is 0. The predicted octanol–water partition coefficient (Wildman–Crippen LogP) is 3.15. The third-order valence-electron chi connectivity index (χ3n) is 4.73. The number of nitrogens with two attached hydrogens (primary N) is 1. The minimum atomic E-state index is -0.489. The van der Waals surface area contributed by atoms with Crippen molar-refractivity contribution in [3.63, 3.8) is 0 Å². The number of nitrogens with one attached hydrogen (secondary N) is 2. The summed E-state index contributed by atoms with van der Waals surface area (Å²) < 4.78 is 0. The fraction of sp³-hybridized carbons (Fsp3) is 0.500. The van der Waals surface area contributed by atoms with E-state index in [2.05, 4.69) is 23.3 Å². The van der Waals surface area contributed by atoms with E-state index >= 15 is 0 Å². The van der Waals surface area contributed by atoms with E-state index in [0.29, 0.717) is 18.4 Å². The number of carbonyl (C=O) groups is 1. The first-order valence-corrected chi connectivity index (χ1v) is 8.24. The molecule has 5 heteroatoms. The summed E-state index contributed by atoms with van der Waals surface area (Å²) in [6.45, 7) is 2.25. The Balaban J connectivity index is 0.00000192. The van der Waals surface area contributed by atoms with E-state index in [4.69, 9.17) is 5.73 Å². The molecule has 0 bridgehead atoms. The molecule has 1 aliphatic rings. The number of aromatic amines is 1. The highest BCUT2D eigenvalue weighted by Crippen LogP contribution is 2.24. The standard InChI is InChI=1S/C18H25N3O.ClH/c1-12-5-4-6-14(9-12)21-18(22)16(19)10-13-11-20-17-8-3-2-7-15(13)17;/h2-3,7-8,11-12,14,16,20H,4-6,9-10,19H2,1H3,(H,21,22);1H/t12?,14?,16-;/m0./s1. The first-order valence-electron chi connectivity index (χ1n) is 8.24. The van der Waals surface area contributed by atoms with Crippen molar-refractivity contribution in [2.75, 3.05) is 0 Å². The molecule has 2 aromatic rings. The molecule has 0 spiro atoms. The molecular formula is C18H26ClN3O. The van der Waals surface area contributed by atoms with Gasteiger partial charge < -0.3 is 16.0 Å². The molecule has 0 aliphatic heterocycles. The van der Waals surface area contributed by atoms with Crippen LogP contribution in [0.4, 0.5) is 0 Å². The summed E-state index contributed by atoms with van der Waals surface area (Å²) in [7, 11) is 0. The van der Waals surface area contributed by atoms with Gasteiger partial charge in [-0.2, -0.15) is 0 Å². The van der Waals surface area contributed by atoms with Crippen molar-refractivity contribution < 1.29 is 4.79 Å². The Morgan fingerprint density at radius 2 is 2.17 bits per heavy atom. The average Bonchev–Trinajstić information content (AvgIpc) is 2.90. The summed E-state index contributed by atoms with van der Waals surface area (Å²) in [6.07, 6.45) is 7.15. The number of halogens is 1. The number of hydrogen-bond donors (Lipinski definition) is 3. The molecule has 1 aromatic heterocycles. The molecule has 23 heavy (non-hydrogen) atoms. The molecule has 1 heterocycles. The molecule has 4 N–H and O–H groups in total. The van der Waals surface area contributed by atoms with E-state index in [1.807, 2.05) is 24.4 Å². The van der Waals surface area contributed by atoms with Gasteiger partial charge in [-0.15, -0.1) is 12.4 Å². The lowest BCUT2D eigenvalue weighted by molar-refractivity contribution is -0.123. The topological polar surface area (TPSA) is 70.9 Å². The molecule has 4 nitrogen and oxygen atoms in total. The number of amides is 1. The maximum absolute atomic E-state index is 12.3. The minimum absolute atomic E-state index is 0. The fourth-order valence-electron chi connectivity index (χ4n) is 3.50. The predicted molar refractivity (Wildman–Crippen MR) is 96.8 cm³/mol. The molecule has 1 saturated carbocycles. The van der Waals surface area contributed by atoms with Crippen LogP contribution in [-0.4, -0.2) is 23.0 Å². The Morgan fingerprint density at radius 1 is 1.39 bits per heavy atom. The Morgan fingerprint density at radius 3 is 2.96 bits per heavy atom. The summed E-state index contributed by atoms with van der Waals surface area (Å²) in [5, 5.41) is 4.29. The number of H-pyrrole nitrogens is 1. The minimum Gasteiger partial charge on any atom is -0.361 e. The SMILES string of the molecule is CC1CCCC(NC(=O)[C@@H](N)Cc2c[nH]c3ccccc23)C1.Cl. The summed E-state index contributed by atoms with van der Waals surface area (Å²) in [5.74, 6) is 0.674. The molecular weight excluding hydrogens is 310 g/mol.